The van der Waals surface area contributed by atoms with Crippen molar-refractivity contribution in [3.8, 4) is 0 Å². The molecule has 0 aromatic heterocycles. The van der Waals surface area contributed by atoms with Crippen LogP contribution >= 0.6 is 15.6 Å². The number of unbranched alkanes of at least 4 members (excludes halogenated alkanes) is 44. The number of phosphoric ester groups is 2. The van der Waals surface area contributed by atoms with Gasteiger partial charge in [0.1, 0.15) is 19.3 Å². The molecule has 3 N–H and O–H groups in total. The van der Waals surface area contributed by atoms with Gasteiger partial charge in [0.05, 0.1) is 26.4 Å². The highest BCUT2D eigenvalue weighted by Crippen LogP contribution is 2.45. The zero-order valence-corrected chi connectivity index (χ0v) is 61.5. The number of carbonyl (C=O) groups excluding carboxylic acids is 4. The minimum atomic E-state index is -4.95. The first-order chi connectivity index (χ1) is 44.6. The molecule has 6 atom stereocenters. The SMILES string of the molecule is CCCCCCCCCCCCCCCCCC(=O)O[C@H](COC(=O)CCCCCCCCCCCCC(C)CC)COP(=O)(O)OC[C@@H](O)COP(=O)(O)OC[C@@H](COC(=O)CCCCCCCCCCC)OC(=O)CCCCCCCCCCCCCCCC. The lowest BCUT2D eigenvalue weighted by atomic mass is 9.99. The third-order valence-electron chi connectivity index (χ3n) is 17.4. The van der Waals surface area contributed by atoms with Crippen molar-refractivity contribution in [2.75, 3.05) is 39.6 Å². The summed E-state index contributed by atoms with van der Waals surface area (Å²) < 4.78 is 68.4. The Kier molecular flexibility index (Phi) is 64.9. The van der Waals surface area contributed by atoms with Crippen molar-refractivity contribution in [3.05, 3.63) is 0 Å². The van der Waals surface area contributed by atoms with E-state index < -0.39 is 97.5 Å². The molecule has 92 heavy (non-hydrogen) atoms. The van der Waals surface area contributed by atoms with Crippen LogP contribution in [0.4, 0.5) is 0 Å². The fraction of sp³-hybridized carbons (Fsp3) is 0.945. The van der Waals surface area contributed by atoms with Gasteiger partial charge in [0.2, 0.25) is 0 Å². The number of ether oxygens (including phenoxy) is 4. The summed E-state index contributed by atoms with van der Waals surface area (Å²) in [5, 5.41) is 10.6. The molecule has 19 heteroatoms. The van der Waals surface area contributed by atoms with E-state index in [1.165, 1.54) is 205 Å². The second-order valence-electron chi connectivity index (χ2n) is 26.6. The molecule has 3 unspecified atom stereocenters. The summed E-state index contributed by atoms with van der Waals surface area (Å²) in [7, 11) is -9.90. The van der Waals surface area contributed by atoms with E-state index in [2.05, 4.69) is 34.6 Å². The molecule has 0 bridgehead atoms. The standard InChI is InChI=1S/C73H142O17P2/c1-6-10-13-16-19-22-24-26-28-30-32-39-44-49-54-59-73(78)90-69(63-84-71(76)57-52-47-42-37-34-33-36-40-45-50-55-66(5)9-4)65-88-92(81,82)86-61-67(74)60-85-91(79,80)87-64-68(62-83-70(75)56-51-46-41-35-21-18-15-12-8-3)89-72(77)58-53-48-43-38-31-29-27-25-23-20-17-14-11-7-2/h66-69,74H,6-65H2,1-5H3,(H,79,80)(H,81,82)/t66?,67-,68+,69+/m0/s1. The van der Waals surface area contributed by atoms with Crippen LogP contribution in [0.1, 0.15) is 381 Å². The molecule has 0 aliphatic carbocycles. The molecule has 546 valence electrons. The number of hydrogen-bond donors (Lipinski definition) is 3. The smallest absolute Gasteiger partial charge is 0.462 e. The quantitative estimate of drug-likeness (QED) is 0.0222. The maximum Gasteiger partial charge on any atom is 0.472 e. The topological polar surface area (TPSA) is 237 Å². The normalized spacial score (nSPS) is 14.3. The van der Waals surface area contributed by atoms with Crippen LogP contribution in [0, 0.1) is 5.92 Å². The Morgan fingerprint density at radius 3 is 0.772 bits per heavy atom. The zero-order chi connectivity index (χ0) is 67.7. The highest BCUT2D eigenvalue weighted by atomic mass is 31.2. The predicted molar refractivity (Wildman–Crippen MR) is 372 cm³/mol. The van der Waals surface area contributed by atoms with Crippen LogP contribution in [-0.4, -0.2) is 96.7 Å². The molecule has 0 aliphatic heterocycles. The van der Waals surface area contributed by atoms with Crippen LogP contribution in [0.2, 0.25) is 0 Å². The summed E-state index contributed by atoms with van der Waals surface area (Å²) in [6.07, 6.45) is 53.9. The second-order valence-corrected chi connectivity index (χ2v) is 29.5. The molecular weight excluding hydrogens is 1210 g/mol. The van der Waals surface area contributed by atoms with E-state index in [0.717, 1.165) is 95.8 Å². The number of rotatable bonds is 73. The van der Waals surface area contributed by atoms with Crippen LogP contribution in [-0.2, 0) is 65.4 Å². The Labute approximate surface area is 562 Å². The molecule has 0 saturated heterocycles. The van der Waals surface area contributed by atoms with Crippen molar-refractivity contribution in [3.63, 3.8) is 0 Å². The molecule has 0 spiro atoms. The highest BCUT2D eigenvalue weighted by Gasteiger charge is 2.30. The molecule has 0 aromatic rings. The van der Waals surface area contributed by atoms with Gasteiger partial charge in [-0.25, -0.2) is 9.13 Å². The second kappa shape index (κ2) is 66.3. The molecule has 0 saturated carbocycles. The largest absolute Gasteiger partial charge is 0.472 e. The van der Waals surface area contributed by atoms with Gasteiger partial charge in [-0.3, -0.25) is 37.3 Å². The zero-order valence-electron chi connectivity index (χ0n) is 59.7. The fourth-order valence-corrected chi connectivity index (χ4v) is 12.7. The maximum atomic E-state index is 13.1. The van der Waals surface area contributed by atoms with Gasteiger partial charge in [0.15, 0.2) is 12.2 Å². The fourth-order valence-electron chi connectivity index (χ4n) is 11.1. The number of aliphatic hydroxyl groups is 1. The molecule has 0 heterocycles. The van der Waals surface area contributed by atoms with Crippen molar-refractivity contribution in [1.29, 1.82) is 0 Å². The summed E-state index contributed by atoms with van der Waals surface area (Å²) >= 11 is 0. The maximum absolute atomic E-state index is 13.1. The van der Waals surface area contributed by atoms with Gasteiger partial charge in [0.25, 0.3) is 0 Å². The predicted octanol–water partition coefficient (Wildman–Crippen LogP) is 21.3. The minimum Gasteiger partial charge on any atom is -0.462 e. The van der Waals surface area contributed by atoms with Gasteiger partial charge in [-0.2, -0.15) is 0 Å². The van der Waals surface area contributed by atoms with Crippen molar-refractivity contribution in [1.82, 2.24) is 0 Å². The Morgan fingerprint density at radius 1 is 0.304 bits per heavy atom. The Morgan fingerprint density at radius 2 is 0.522 bits per heavy atom. The van der Waals surface area contributed by atoms with Crippen LogP contribution in [0.15, 0.2) is 0 Å². The van der Waals surface area contributed by atoms with E-state index in [4.69, 9.17) is 37.0 Å². The lowest BCUT2D eigenvalue weighted by Gasteiger charge is -2.21. The van der Waals surface area contributed by atoms with Crippen LogP contribution < -0.4 is 0 Å². The van der Waals surface area contributed by atoms with Gasteiger partial charge in [-0.05, 0) is 31.6 Å². The Balaban J connectivity index is 5.24. The van der Waals surface area contributed by atoms with Crippen LogP contribution in [0.5, 0.6) is 0 Å². The van der Waals surface area contributed by atoms with E-state index in [1.54, 1.807) is 0 Å². The number of carbonyl (C=O) groups is 4. The Hall–Kier alpha value is -1.94. The Bertz CT molecular complexity index is 1770. The summed E-state index contributed by atoms with van der Waals surface area (Å²) in [5.74, 6) is -1.31. The van der Waals surface area contributed by atoms with Crippen molar-refractivity contribution < 1.29 is 80.2 Å². The van der Waals surface area contributed by atoms with Gasteiger partial charge in [-0.1, -0.05) is 330 Å². The lowest BCUT2D eigenvalue weighted by Crippen LogP contribution is -2.30. The summed E-state index contributed by atoms with van der Waals surface area (Å²) in [5.41, 5.74) is 0. The highest BCUT2D eigenvalue weighted by molar-refractivity contribution is 7.47. The molecule has 0 amide bonds. The first-order valence-electron chi connectivity index (χ1n) is 38.2. The first-order valence-corrected chi connectivity index (χ1v) is 41.2. The van der Waals surface area contributed by atoms with E-state index in [0.29, 0.717) is 25.7 Å². The monoisotopic (exact) mass is 1350 g/mol. The molecule has 0 radical (unpaired) electrons. The number of hydrogen-bond acceptors (Lipinski definition) is 15. The minimum absolute atomic E-state index is 0.108. The lowest BCUT2D eigenvalue weighted by molar-refractivity contribution is -0.161. The number of aliphatic hydroxyl groups excluding tert-OH is 1. The van der Waals surface area contributed by atoms with Crippen LogP contribution in [0.3, 0.4) is 0 Å². The summed E-state index contributed by atoms with van der Waals surface area (Å²) in [4.78, 5) is 72.7. The molecule has 0 aliphatic rings. The van der Waals surface area contributed by atoms with E-state index >= 15 is 0 Å². The summed E-state index contributed by atoms with van der Waals surface area (Å²) in [6.45, 7) is 7.29. The van der Waals surface area contributed by atoms with Gasteiger partial charge in [0, 0.05) is 25.7 Å². The average molecular weight is 1350 g/mol. The van der Waals surface area contributed by atoms with Crippen molar-refractivity contribution in [2.24, 2.45) is 5.92 Å². The van der Waals surface area contributed by atoms with E-state index in [-0.39, 0.29) is 25.7 Å². The van der Waals surface area contributed by atoms with E-state index in [9.17, 15) is 43.2 Å². The molecular formula is C73H142O17P2. The third kappa shape index (κ3) is 65.4. The number of esters is 4. The number of phosphoric acid groups is 2. The average Bonchev–Trinajstić information content (AvgIpc) is 3.29. The van der Waals surface area contributed by atoms with Gasteiger partial charge in [-0.15, -0.1) is 0 Å². The third-order valence-corrected chi connectivity index (χ3v) is 19.3. The van der Waals surface area contributed by atoms with Crippen molar-refractivity contribution in [2.45, 2.75) is 400 Å². The van der Waals surface area contributed by atoms with Gasteiger partial charge >= 0.3 is 39.5 Å². The first kappa shape index (κ1) is 90.1. The van der Waals surface area contributed by atoms with Gasteiger partial charge < -0.3 is 33.8 Å². The molecule has 0 aromatic carbocycles. The molecule has 0 rings (SSSR count). The van der Waals surface area contributed by atoms with Crippen molar-refractivity contribution >= 4 is 39.5 Å². The van der Waals surface area contributed by atoms with Crippen LogP contribution in [0.25, 0.3) is 0 Å². The van der Waals surface area contributed by atoms with E-state index in [1.807, 2.05) is 0 Å². The molecule has 17 nitrogen and oxygen atoms in total. The molecule has 0 fully saturated rings. The summed E-state index contributed by atoms with van der Waals surface area (Å²) in [6, 6.07) is 0.